The van der Waals surface area contributed by atoms with Crippen LogP contribution in [0.5, 0.6) is 5.75 Å². The van der Waals surface area contributed by atoms with E-state index in [9.17, 15) is 4.79 Å². The maximum absolute atomic E-state index is 12.5. The summed E-state index contributed by atoms with van der Waals surface area (Å²) in [4.78, 5) is 14.2. The lowest BCUT2D eigenvalue weighted by Crippen LogP contribution is -2.45. The zero-order valence-corrected chi connectivity index (χ0v) is 11.1. The largest absolute Gasteiger partial charge is 0.495 e. The van der Waals surface area contributed by atoms with Crippen molar-refractivity contribution in [1.82, 2.24) is 4.90 Å². The number of amides is 1. The van der Waals surface area contributed by atoms with E-state index in [4.69, 9.17) is 15.6 Å². The van der Waals surface area contributed by atoms with Gasteiger partial charge in [0.05, 0.1) is 19.4 Å². The number of rotatable bonds is 5. The van der Waals surface area contributed by atoms with Crippen molar-refractivity contribution >= 4 is 11.6 Å². The van der Waals surface area contributed by atoms with Crippen LogP contribution in [0, 0.1) is 0 Å². The van der Waals surface area contributed by atoms with Gasteiger partial charge in [-0.3, -0.25) is 4.79 Å². The van der Waals surface area contributed by atoms with E-state index >= 15 is 0 Å². The summed E-state index contributed by atoms with van der Waals surface area (Å²) in [6.45, 7) is 0.352. The lowest BCUT2D eigenvalue weighted by Gasteiger charge is -2.37. The molecule has 0 aliphatic heterocycles. The van der Waals surface area contributed by atoms with Crippen molar-refractivity contribution in [3.05, 3.63) is 23.8 Å². The maximum atomic E-state index is 12.5. The highest BCUT2D eigenvalue weighted by Crippen LogP contribution is 2.28. The van der Waals surface area contributed by atoms with Crippen LogP contribution in [0.15, 0.2) is 18.2 Å². The van der Waals surface area contributed by atoms with Crippen LogP contribution in [0.3, 0.4) is 0 Å². The molecule has 2 rings (SSSR count). The molecular formula is C14H20N2O3. The van der Waals surface area contributed by atoms with Crippen LogP contribution in [0.4, 0.5) is 5.69 Å². The number of hydrogen-bond donors (Lipinski definition) is 2. The number of aliphatic hydroxyl groups excluding tert-OH is 1. The predicted octanol–water partition coefficient (Wildman–Crippen LogP) is 1.26. The Bertz CT molecular complexity index is 458. The molecule has 104 valence electrons. The zero-order valence-electron chi connectivity index (χ0n) is 11.1. The summed E-state index contributed by atoms with van der Waals surface area (Å²) in [7, 11) is 1.53. The molecule has 5 heteroatoms. The van der Waals surface area contributed by atoms with Crippen LogP contribution in [-0.4, -0.2) is 42.2 Å². The van der Waals surface area contributed by atoms with Crippen LogP contribution in [0.1, 0.15) is 29.6 Å². The molecule has 1 aliphatic rings. The van der Waals surface area contributed by atoms with E-state index in [1.54, 1.807) is 23.1 Å². The molecule has 0 saturated heterocycles. The van der Waals surface area contributed by atoms with Gasteiger partial charge in [0.1, 0.15) is 5.75 Å². The smallest absolute Gasteiger partial charge is 0.254 e. The van der Waals surface area contributed by atoms with Gasteiger partial charge in [0.25, 0.3) is 5.91 Å². The number of nitrogen functional groups attached to an aromatic ring is 1. The molecular weight excluding hydrogens is 244 g/mol. The molecule has 3 N–H and O–H groups in total. The second-order valence-corrected chi connectivity index (χ2v) is 4.76. The fraction of sp³-hybridized carbons (Fsp3) is 0.500. The van der Waals surface area contributed by atoms with Crippen LogP contribution >= 0.6 is 0 Å². The first-order valence-corrected chi connectivity index (χ1v) is 6.52. The number of benzene rings is 1. The van der Waals surface area contributed by atoms with Crippen molar-refractivity contribution in [2.45, 2.75) is 25.3 Å². The van der Waals surface area contributed by atoms with Crippen molar-refractivity contribution in [1.29, 1.82) is 0 Å². The summed E-state index contributed by atoms with van der Waals surface area (Å²) in [5.74, 6) is 0.431. The Morgan fingerprint density at radius 3 is 2.79 bits per heavy atom. The van der Waals surface area contributed by atoms with Crippen molar-refractivity contribution < 1.29 is 14.6 Å². The summed E-state index contributed by atoms with van der Waals surface area (Å²) in [6, 6.07) is 5.27. The van der Waals surface area contributed by atoms with E-state index in [0.717, 1.165) is 19.3 Å². The first kappa shape index (κ1) is 13.7. The Hall–Kier alpha value is -1.75. The topological polar surface area (TPSA) is 75.8 Å². The molecule has 5 nitrogen and oxygen atoms in total. The van der Waals surface area contributed by atoms with Gasteiger partial charge in [-0.05, 0) is 37.5 Å². The number of carbonyl (C=O) groups excluding carboxylic acids is 1. The fourth-order valence-electron chi connectivity index (χ4n) is 2.27. The molecule has 0 heterocycles. The number of anilines is 1. The van der Waals surface area contributed by atoms with Gasteiger partial charge in [-0.1, -0.05) is 0 Å². The molecule has 1 fully saturated rings. The third-order valence-electron chi connectivity index (χ3n) is 3.60. The number of methoxy groups -OCH3 is 1. The molecule has 0 spiro atoms. The van der Waals surface area contributed by atoms with E-state index < -0.39 is 0 Å². The first-order valence-electron chi connectivity index (χ1n) is 6.52. The standard InChI is InChI=1S/C14H20N2O3/c1-19-13-9-10(5-6-12(13)15)14(18)16(7-8-17)11-3-2-4-11/h5-6,9,11,17H,2-4,7-8,15H2,1H3. The van der Waals surface area contributed by atoms with Crippen LogP contribution in [0.25, 0.3) is 0 Å². The van der Waals surface area contributed by atoms with Gasteiger partial charge in [-0.15, -0.1) is 0 Å². The molecule has 1 amide bonds. The van der Waals surface area contributed by atoms with E-state index in [1.165, 1.54) is 7.11 Å². The Balaban J connectivity index is 2.20. The van der Waals surface area contributed by atoms with Gasteiger partial charge in [0.15, 0.2) is 0 Å². The minimum Gasteiger partial charge on any atom is -0.495 e. The van der Waals surface area contributed by atoms with E-state index in [1.807, 2.05) is 0 Å². The molecule has 0 radical (unpaired) electrons. The van der Waals surface area contributed by atoms with Gasteiger partial charge in [0.2, 0.25) is 0 Å². The van der Waals surface area contributed by atoms with E-state index in [2.05, 4.69) is 0 Å². The second-order valence-electron chi connectivity index (χ2n) is 4.76. The number of ether oxygens (including phenoxy) is 1. The van der Waals surface area contributed by atoms with E-state index in [-0.39, 0.29) is 18.6 Å². The second kappa shape index (κ2) is 5.93. The van der Waals surface area contributed by atoms with Crippen molar-refractivity contribution in [3.63, 3.8) is 0 Å². The molecule has 19 heavy (non-hydrogen) atoms. The number of hydrogen-bond acceptors (Lipinski definition) is 4. The number of aliphatic hydroxyl groups is 1. The molecule has 0 bridgehead atoms. The maximum Gasteiger partial charge on any atom is 0.254 e. The number of carbonyl (C=O) groups is 1. The fourth-order valence-corrected chi connectivity index (χ4v) is 2.27. The summed E-state index contributed by atoms with van der Waals surface area (Å²) in [6.07, 6.45) is 3.17. The third kappa shape index (κ3) is 2.81. The molecule has 0 unspecified atom stereocenters. The highest BCUT2D eigenvalue weighted by Gasteiger charge is 2.29. The Labute approximate surface area is 113 Å². The third-order valence-corrected chi connectivity index (χ3v) is 3.60. The minimum atomic E-state index is -0.0722. The van der Waals surface area contributed by atoms with Gasteiger partial charge < -0.3 is 20.5 Å². The molecule has 0 aromatic heterocycles. The lowest BCUT2D eigenvalue weighted by atomic mass is 9.91. The first-order chi connectivity index (χ1) is 9.17. The molecule has 0 atom stereocenters. The van der Waals surface area contributed by atoms with Crippen LogP contribution in [0.2, 0.25) is 0 Å². The highest BCUT2D eigenvalue weighted by molar-refractivity contribution is 5.95. The summed E-state index contributed by atoms with van der Waals surface area (Å²) >= 11 is 0. The van der Waals surface area contributed by atoms with Crippen LogP contribution in [-0.2, 0) is 0 Å². The molecule has 1 saturated carbocycles. The monoisotopic (exact) mass is 264 g/mol. The van der Waals surface area contributed by atoms with Crippen molar-refractivity contribution in [2.75, 3.05) is 26.0 Å². The van der Waals surface area contributed by atoms with Gasteiger partial charge in [0, 0.05) is 18.2 Å². The average molecular weight is 264 g/mol. The average Bonchev–Trinajstić information content (AvgIpc) is 2.36. The van der Waals surface area contributed by atoms with Gasteiger partial charge in [-0.2, -0.15) is 0 Å². The Morgan fingerprint density at radius 2 is 2.26 bits per heavy atom. The number of nitrogens with two attached hydrogens (primary N) is 1. The van der Waals surface area contributed by atoms with Crippen molar-refractivity contribution in [3.8, 4) is 5.75 Å². The predicted molar refractivity (Wildman–Crippen MR) is 73.2 cm³/mol. The molecule has 1 aromatic carbocycles. The van der Waals surface area contributed by atoms with Crippen LogP contribution < -0.4 is 10.5 Å². The SMILES string of the molecule is COc1cc(C(=O)N(CCO)C2CCC2)ccc1N. The lowest BCUT2D eigenvalue weighted by molar-refractivity contribution is 0.0525. The highest BCUT2D eigenvalue weighted by atomic mass is 16.5. The summed E-state index contributed by atoms with van der Waals surface area (Å²) in [5, 5.41) is 9.11. The molecule has 1 aliphatic carbocycles. The summed E-state index contributed by atoms with van der Waals surface area (Å²) < 4.78 is 5.13. The minimum absolute atomic E-state index is 0.0195. The normalized spacial score (nSPS) is 14.8. The Morgan fingerprint density at radius 1 is 1.53 bits per heavy atom. The van der Waals surface area contributed by atoms with Gasteiger partial charge in [-0.25, -0.2) is 0 Å². The Kier molecular flexibility index (Phi) is 4.27. The van der Waals surface area contributed by atoms with E-state index in [0.29, 0.717) is 23.5 Å². The summed E-state index contributed by atoms with van der Waals surface area (Å²) in [5.41, 5.74) is 6.80. The van der Waals surface area contributed by atoms with Gasteiger partial charge >= 0.3 is 0 Å². The van der Waals surface area contributed by atoms with Crippen molar-refractivity contribution in [2.24, 2.45) is 0 Å². The zero-order chi connectivity index (χ0) is 13.8. The quantitative estimate of drug-likeness (QED) is 0.785. The molecule has 1 aromatic rings. The number of nitrogens with zero attached hydrogens (tertiary/aromatic N) is 1.